The molecular weight excluding hydrogens is 238 g/mol. The maximum Gasteiger partial charge on any atom is 0.224 e. The van der Waals surface area contributed by atoms with E-state index >= 15 is 0 Å². The molecule has 2 rings (SSSR count). The monoisotopic (exact) mass is 261 g/mol. The van der Waals surface area contributed by atoms with E-state index in [1.54, 1.807) is 7.11 Å². The topological polar surface area (TPSA) is 38.3 Å². The molecule has 3 heteroatoms. The SMILES string of the molecule is COc1ccc(CC(=O)NC2CCCCC2)cc1C. The zero-order chi connectivity index (χ0) is 13.7. The third-order valence-corrected chi connectivity index (χ3v) is 3.79. The Bertz CT molecular complexity index is 436. The van der Waals surface area contributed by atoms with Gasteiger partial charge in [-0.25, -0.2) is 0 Å². The zero-order valence-corrected chi connectivity index (χ0v) is 11.9. The number of nitrogens with one attached hydrogen (secondary N) is 1. The smallest absolute Gasteiger partial charge is 0.224 e. The Balaban J connectivity index is 1.89. The van der Waals surface area contributed by atoms with Crippen LogP contribution in [-0.4, -0.2) is 19.1 Å². The summed E-state index contributed by atoms with van der Waals surface area (Å²) in [6.07, 6.45) is 6.52. The van der Waals surface area contributed by atoms with Crippen LogP contribution in [0.4, 0.5) is 0 Å². The minimum absolute atomic E-state index is 0.136. The second-order valence-corrected chi connectivity index (χ2v) is 5.38. The summed E-state index contributed by atoms with van der Waals surface area (Å²) < 4.78 is 5.23. The molecule has 3 nitrogen and oxygen atoms in total. The molecule has 1 aromatic carbocycles. The van der Waals surface area contributed by atoms with Crippen LogP contribution >= 0.6 is 0 Å². The average molecular weight is 261 g/mol. The van der Waals surface area contributed by atoms with E-state index in [0.29, 0.717) is 12.5 Å². The summed E-state index contributed by atoms with van der Waals surface area (Å²) in [4.78, 5) is 12.0. The molecule has 0 saturated heterocycles. The summed E-state index contributed by atoms with van der Waals surface area (Å²) in [5.41, 5.74) is 2.12. The first kappa shape index (κ1) is 13.9. The highest BCUT2D eigenvalue weighted by Crippen LogP contribution is 2.20. The predicted octanol–water partition coefficient (Wildman–Crippen LogP) is 3.00. The van der Waals surface area contributed by atoms with E-state index in [4.69, 9.17) is 4.74 Å². The van der Waals surface area contributed by atoms with Crippen LogP contribution < -0.4 is 10.1 Å². The fraction of sp³-hybridized carbons (Fsp3) is 0.562. The fourth-order valence-corrected chi connectivity index (χ4v) is 2.76. The molecule has 0 spiro atoms. The number of rotatable bonds is 4. The second kappa shape index (κ2) is 6.60. The molecule has 0 heterocycles. The summed E-state index contributed by atoms with van der Waals surface area (Å²) in [6.45, 7) is 2.00. The van der Waals surface area contributed by atoms with E-state index in [2.05, 4.69) is 5.32 Å². The van der Waals surface area contributed by atoms with E-state index in [1.807, 2.05) is 25.1 Å². The van der Waals surface area contributed by atoms with Crippen molar-refractivity contribution in [3.05, 3.63) is 29.3 Å². The summed E-state index contributed by atoms with van der Waals surface area (Å²) in [5, 5.41) is 3.15. The molecule has 1 amide bonds. The van der Waals surface area contributed by atoms with Gasteiger partial charge in [0.15, 0.2) is 0 Å². The van der Waals surface area contributed by atoms with Gasteiger partial charge < -0.3 is 10.1 Å². The maximum atomic E-state index is 12.0. The van der Waals surface area contributed by atoms with Crippen LogP contribution in [0, 0.1) is 6.92 Å². The van der Waals surface area contributed by atoms with Gasteiger partial charge in [0, 0.05) is 6.04 Å². The first-order valence-electron chi connectivity index (χ1n) is 7.12. The Labute approximate surface area is 115 Å². The van der Waals surface area contributed by atoms with Crippen molar-refractivity contribution in [1.82, 2.24) is 5.32 Å². The Morgan fingerprint density at radius 1 is 1.32 bits per heavy atom. The van der Waals surface area contributed by atoms with Crippen molar-refractivity contribution >= 4 is 5.91 Å². The van der Waals surface area contributed by atoms with Crippen molar-refractivity contribution in [2.24, 2.45) is 0 Å². The van der Waals surface area contributed by atoms with Crippen LogP contribution in [0.25, 0.3) is 0 Å². The number of ether oxygens (including phenoxy) is 1. The lowest BCUT2D eigenvalue weighted by Crippen LogP contribution is -2.37. The van der Waals surface area contributed by atoms with Gasteiger partial charge in [-0.1, -0.05) is 31.4 Å². The van der Waals surface area contributed by atoms with Gasteiger partial charge >= 0.3 is 0 Å². The zero-order valence-electron chi connectivity index (χ0n) is 11.9. The van der Waals surface area contributed by atoms with Crippen LogP contribution in [0.15, 0.2) is 18.2 Å². The molecule has 19 heavy (non-hydrogen) atoms. The minimum Gasteiger partial charge on any atom is -0.496 e. The third kappa shape index (κ3) is 3.98. The van der Waals surface area contributed by atoms with Gasteiger partial charge in [0.25, 0.3) is 0 Å². The Morgan fingerprint density at radius 3 is 2.68 bits per heavy atom. The number of aryl methyl sites for hydroxylation is 1. The number of methoxy groups -OCH3 is 1. The van der Waals surface area contributed by atoms with Gasteiger partial charge in [0.2, 0.25) is 5.91 Å². The van der Waals surface area contributed by atoms with E-state index in [1.165, 1.54) is 19.3 Å². The molecule has 0 radical (unpaired) electrons. The van der Waals surface area contributed by atoms with Crippen LogP contribution in [0.1, 0.15) is 43.2 Å². The largest absolute Gasteiger partial charge is 0.496 e. The predicted molar refractivity (Wildman–Crippen MR) is 76.5 cm³/mol. The lowest BCUT2D eigenvalue weighted by atomic mass is 9.95. The molecule has 1 aliphatic carbocycles. The van der Waals surface area contributed by atoms with Crippen molar-refractivity contribution in [3.8, 4) is 5.75 Å². The second-order valence-electron chi connectivity index (χ2n) is 5.38. The molecular formula is C16H23NO2. The lowest BCUT2D eigenvalue weighted by molar-refractivity contribution is -0.121. The van der Waals surface area contributed by atoms with Crippen molar-refractivity contribution in [3.63, 3.8) is 0 Å². The van der Waals surface area contributed by atoms with Gasteiger partial charge in [-0.2, -0.15) is 0 Å². The summed E-state index contributed by atoms with van der Waals surface area (Å²) in [5.74, 6) is 1.01. The van der Waals surface area contributed by atoms with Crippen LogP contribution in [0.3, 0.4) is 0 Å². The highest BCUT2D eigenvalue weighted by atomic mass is 16.5. The molecule has 0 unspecified atom stereocenters. The molecule has 1 saturated carbocycles. The molecule has 0 aromatic heterocycles. The first-order valence-corrected chi connectivity index (χ1v) is 7.12. The normalized spacial score (nSPS) is 16.1. The van der Waals surface area contributed by atoms with Crippen molar-refractivity contribution in [1.29, 1.82) is 0 Å². The van der Waals surface area contributed by atoms with E-state index in [0.717, 1.165) is 29.7 Å². The quantitative estimate of drug-likeness (QED) is 0.905. The molecule has 1 N–H and O–H groups in total. The van der Waals surface area contributed by atoms with Crippen molar-refractivity contribution in [2.75, 3.05) is 7.11 Å². The maximum absolute atomic E-state index is 12.0. The number of carbonyl (C=O) groups excluding carboxylic acids is 1. The van der Waals surface area contributed by atoms with Gasteiger partial charge in [-0.05, 0) is 37.0 Å². The lowest BCUT2D eigenvalue weighted by Gasteiger charge is -2.22. The molecule has 0 bridgehead atoms. The third-order valence-electron chi connectivity index (χ3n) is 3.79. The number of hydrogen-bond acceptors (Lipinski definition) is 2. The summed E-state index contributed by atoms with van der Waals surface area (Å²) >= 11 is 0. The van der Waals surface area contributed by atoms with Crippen LogP contribution in [-0.2, 0) is 11.2 Å². The highest BCUT2D eigenvalue weighted by molar-refractivity contribution is 5.79. The van der Waals surface area contributed by atoms with Crippen LogP contribution in [0.2, 0.25) is 0 Å². The van der Waals surface area contributed by atoms with Gasteiger partial charge in [-0.3, -0.25) is 4.79 Å². The molecule has 104 valence electrons. The van der Waals surface area contributed by atoms with E-state index in [9.17, 15) is 4.79 Å². The minimum atomic E-state index is 0.136. The Morgan fingerprint density at radius 2 is 2.05 bits per heavy atom. The number of benzene rings is 1. The van der Waals surface area contributed by atoms with E-state index in [-0.39, 0.29) is 5.91 Å². The van der Waals surface area contributed by atoms with Gasteiger partial charge in [-0.15, -0.1) is 0 Å². The first-order chi connectivity index (χ1) is 9.19. The average Bonchev–Trinajstić information content (AvgIpc) is 2.40. The molecule has 1 aliphatic rings. The Kier molecular flexibility index (Phi) is 4.83. The molecule has 0 atom stereocenters. The van der Waals surface area contributed by atoms with Crippen molar-refractivity contribution < 1.29 is 9.53 Å². The number of carbonyl (C=O) groups is 1. The molecule has 0 aliphatic heterocycles. The molecule has 1 fully saturated rings. The summed E-state index contributed by atoms with van der Waals surface area (Å²) in [7, 11) is 1.66. The Hall–Kier alpha value is -1.51. The van der Waals surface area contributed by atoms with E-state index < -0.39 is 0 Å². The number of hydrogen-bond donors (Lipinski definition) is 1. The number of amides is 1. The van der Waals surface area contributed by atoms with Crippen LogP contribution in [0.5, 0.6) is 5.75 Å². The highest BCUT2D eigenvalue weighted by Gasteiger charge is 2.15. The van der Waals surface area contributed by atoms with Gasteiger partial charge in [0.05, 0.1) is 13.5 Å². The fourth-order valence-electron chi connectivity index (χ4n) is 2.76. The molecule has 1 aromatic rings. The van der Waals surface area contributed by atoms with Gasteiger partial charge in [0.1, 0.15) is 5.75 Å². The van der Waals surface area contributed by atoms with Crippen molar-refractivity contribution in [2.45, 2.75) is 51.5 Å². The summed E-state index contributed by atoms with van der Waals surface area (Å²) in [6, 6.07) is 6.31. The standard InChI is InChI=1S/C16H23NO2/c1-12-10-13(8-9-15(12)19-2)11-16(18)17-14-6-4-3-5-7-14/h8-10,14H,3-7,11H2,1-2H3,(H,17,18).